The second-order valence-corrected chi connectivity index (χ2v) is 6.84. The van der Waals surface area contributed by atoms with Crippen molar-refractivity contribution in [3.63, 3.8) is 0 Å². The number of unbranched alkanes of at least 4 members (excludes halogenated alkanes) is 3. The lowest BCUT2D eigenvalue weighted by atomic mass is 9.75. The number of ether oxygens (including phenoxy) is 1. The second kappa shape index (κ2) is 12.7. The molecule has 0 bridgehead atoms. The van der Waals surface area contributed by atoms with Crippen LogP contribution >= 0.6 is 0 Å². The van der Waals surface area contributed by atoms with Gasteiger partial charge in [0.05, 0.1) is 6.61 Å². The number of hydrogen-bond acceptors (Lipinski definition) is 1. The van der Waals surface area contributed by atoms with Gasteiger partial charge in [-0.3, -0.25) is 0 Å². The molecule has 0 heterocycles. The van der Waals surface area contributed by atoms with Gasteiger partial charge >= 0.3 is 0 Å². The lowest BCUT2D eigenvalue weighted by molar-refractivity contribution is 0.00869. The van der Waals surface area contributed by atoms with Crippen LogP contribution in [0, 0.1) is 11.3 Å². The Morgan fingerprint density at radius 2 is 1.25 bits per heavy atom. The van der Waals surface area contributed by atoms with E-state index in [2.05, 4.69) is 34.6 Å². The molecule has 0 aromatic heterocycles. The fourth-order valence-electron chi connectivity index (χ4n) is 2.84. The van der Waals surface area contributed by atoms with Crippen molar-refractivity contribution >= 4 is 0 Å². The SMILES string of the molecule is CCCCC(CCCC)(CCCC)COCC(C)CC. The highest BCUT2D eigenvalue weighted by Gasteiger charge is 2.28. The van der Waals surface area contributed by atoms with Gasteiger partial charge in [-0.15, -0.1) is 0 Å². The Morgan fingerprint density at radius 3 is 1.60 bits per heavy atom. The van der Waals surface area contributed by atoms with E-state index in [1.807, 2.05) is 0 Å². The van der Waals surface area contributed by atoms with Crippen molar-refractivity contribution in [3.05, 3.63) is 0 Å². The molecule has 0 saturated heterocycles. The second-order valence-electron chi connectivity index (χ2n) is 6.84. The minimum absolute atomic E-state index is 0.468. The summed E-state index contributed by atoms with van der Waals surface area (Å²) in [5.74, 6) is 0.705. The summed E-state index contributed by atoms with van der Waals surface area (Å²) in [4.78, 5) is 0. The molecule has 0 aromatic rings. The Bertz CT molecular complexity index is 178. The quantitative estimate of drug-likeness (QED) is 0.349. The van der Waals surface area contributed by atoms with Gasteiger partial charge in [0.25, 0.3) is 0 Å². The predicted octanol–water partition coefficient (Wildman–Crippen LogP) is 6.61. The Hall–Kier alpha value is -0.0400. The Morgan fingerprint density at radius 1 is 0.800 bits per heavy atom. The van der Waals surface area contributed by atoms with Crippen molar-refractivity contribution in [2.24, 2.45) is 11.3 Å². The third kappa shape index (κ3) is 9.00. The van der Waals surface area contributed by atoms with Gasteiger partial charge in [0.15, 0.2) is 0 Å². The van der Waals surface area contributed by atoms with Crippen LogP contribution < -0.4 is 0 Å². The van der Waals surface area contributed by atoms with E-state index in [1.165, 1.54) is 64.2 Å². The van der Waals surface area contributed by atoms with Gasteiger partial charge in [0, 0.05) is 6.61 Å². The van der Waals surface area contributed by atoms with E-state index in [9.17, 15) is 0 Å². The van der Waals surface area contributed by atoms with Crippen molar-refractivity contribution in [2.45, 2.75) is 98.8 Å². The monoisotopic (exact) mass is 284 g/mol. The van der Waals surface area contributed by atoms with Crippen LogP contribution in [0.3, 0.4) is 0 Å². The minimum Gasteiger partial charge on any atom is -0.381 e. The molecule has 0 rings (SSSR count). The van der Waals surface area contributed by atoms with E-state index >= 15 is 0 Å². The zero-order chi connectivity index (χ0) is 15.3. The highest BCUT2D eigenvalue weighted by Crippen LogP contribution is 2.37. The molecule has 1 heteroatoms. The Labute approximate surface area is 128 Å². The van der Waals surface area contributed by atoms with Crippen molar-refractivity contribution < 1.29 is 4.74 Å². The van der Waals surface area contributed by atoms with Crippen LogP contribution in [-0.4, -0.2) is 13.2 Å². The van der Waals surface area contributed by atoms with Crippen molar-refractivity contribution in [1.29, 1.82) is 0 Å². The summed E-state index contributed by atoms with van der Waals surface area (Å²) in [6.45, 7) is 13.4. The fraction of sp³-hybridized carbons (Fsp3) is 1.00. The maximum Gasteiger partial charge on any atom is 0.0522 e. The van der Waals surface area contributed by atoms with Crippen LogP contribution in [0.25, 0.3) is 0 Å². The normalized spacial score (nSPS) is 13.7. The summed E-state index contributed by atoms with van der Waals surface area (Å²) < 4.78 is 6.14. The maximum atomic E-state index is 6.14. The fourth-order valence-corrected chi connectivity index (χ4v) is 2.84. The van der Waals surface area contributed by atoms with Crippen molar-refractivity contribution in [3.8, 4) is 0 Å². The topological polar surface area (TPSA) is 9.23 Å². The summed E-state index contributed by atoms with van der Waals surface area (Å²) in [5.41, 5.74) is 0.468. The Kier molecular flexibility index (Phi) is 12.7. The molecule has 0 N–H and O–H groups in total. The molecule has 0 aliphatic heterocycles. The first-order valence-electron chi connectivity index (χ1n) is 9.21. The molecule has 0 aliphatic carbocycles. The van der Waals surface area contributed by atoms with Gasteiger partial charge in [-0.2, -0.15) is 0 Å². The van der Waals surface area contributed by atoms with Crippen LogP contribution in [-0.2, 0) is 4.74 Å². The van der Waals surface area contributed by atoms with E-state index < -0.39 is 0 Å². The molecule has 1 atom stereocenters. The molecule has 1 unspecified atom stereocenters. The van der Waals surface area contributed by atoms with Gasteiger partial charge in [0.1, 0.15) is 0 Å². The highest BCUT2D eigenvalue weighted by atomic mass is 16.5. The lowest BCUT2D eigenvalue weighted by Gasteiger charge is -2.34. The summed E-state index contributed by atoms with van der Waals surface area (Å²) in [7, 11) is 0. The average Bonchev–Trinajstić information content (AvgIpc) is 2.48. The molecular formula is C19H40O. The first-order valence-corrected chi connectivity index (χ1v) is 9.21. The van der Waals surface area contributed by atoms with Crippen molar-refractivity contribution in [1.82, 2.24) is 0 Å². The molecule has 0 aliphatic rings. The van der Waals surface area contributed by atoms with E-state index in [0.717, 1.165) is 13.2 Å². The number of rotatable bonds is 14. The smallest absolute Gasteiger partial charge is 0.0522 e. The molecule has 122 valence electrons. The first-order chi connectivity index (χ1) is 9.64. The summed E-state index contributed by atoms with van der Waals surface area (Å²) in [5, 5.41) is 0. The van der Waals surface area contributed by atoms with Crippen molar-refractivity contribution in [2.75, 3.05) is 13.2 Å². The van der Waals surface area contributed by atoms with Gasteiger partial charge in [-0.05, 0) is 30.6 Å². The molecule has 0 amide bonds. The predicted molar refractivity (Wildman–Crippen MR) is 91.3 cm³/mol. The zero-order valence-corrected chi connectivity index (χ0v) is 15.0. The van der Waals surface area contributed by atoms with Crippen LogP contribution in [0.4, 0.5) is 0 Å². The van der Waals surface area contributed by atoms with E-state index in [0.29, 0.717) is 11.3 Å². The van der Waals surface area contributed by atoms with Crippen LogP contribution in [0.5, 0.6) is 0 Å². The molecular weight excluding hydrogens is 244 g/mol. The highest BCUT2D eigenvalue weighted by molar-refractivity contribution is 4.79. The molecule has 0 radical (unpaired) electrons. The van der Waals surface area contributed by atoms with Crippen LogP contribution in [0.15, 0.2) is 0 Å². The molecule has 0 saturated carbocycles. The third-order valence-electron chi connectivity index (χ3n) is 4.69. The van der Waals surface area contributed by atoms with Crippen LogP contribution in [0.1, 0.15) is 98.8 Å². The average molecular weight is 285 g/mol. The molecule has 0 aromatic carbocycles. The minimum atomic E-state index is 0.468. The number of hydrogen-bond donors (Lipinski definition) is 0. The summed E-state index contributed by atoms with van der Waals surface area (Å²) in [6.07, 6.45) is 13.3. The first kappa shape index (κ1) is 20.0. The van der Waals surface area contributed by atoms with Gasteiger partial charge in [-0.1, -0.05) is 79.6 Å². The molecule has 0 spiro atoms. The zero-order valence-electron chi connectivity index (χ0n) is 15.0. The molecule has 1 nitrogen and oxygen atoms in total. The van der Waals surface area contributed by atoms with E-state index in [-0.39, 0.29) is 0 Å². The van der Waals surface area contributed by atoms with Crippen LogP contribution in [0.2, 0.25) is 0 Å². The van der Waals surface area contributed by atoms with Gasteiger partial charge in [-0.25, -0.2) is 0 Å². The maximum absolute atomic E-state index is 6.14. The van der Waals surface area contributed by atoms with Gasteiger partial charge < -0.3 is 4.74 Å². The molecule has 0 fully saturated rings. The van der Waals surface area contributed by atoms with E-state index in [1.54, 1.807) is 0 Å². The van der Waals surface area contributed by atoms with E-state index in [4.69, 9.17) is 4.74 Å². The summed E-state index contributed by atoms with van der Waals surface area (Å²) in [6, 6.07) is 0. The molecule has 20 heavy (non-hydrogen) atoms. The third-order valence-corrected chi connectivity index (χ3v) is 4.69. The largest absolute Gasteiger partial charge is 0.381 e. The Balaban J connectivity index is 4.49. The standard InChI is InChI=1S/C19H40O/c1-6-10-13-19(14-11-7-2,15-12-8-3)17-20-16-18(5)9-4/h18H,6-17H2,1-5H3. The lowest BCUT2D eigenvalue weighted by Crippen LogP contribution is -2.28. The van der Waals surface area contributed by atoms with Gasteiger partial charge in [0.2, 0.25) is 0 Å². The summed E-state index contributed by atoms with van der Waals surface area (Å²) >= 11 is 0.